The van der Waals surface area contributed by atoms with Crippen molar-refractivity contribution in [1.29, 1.82) is 0 Å². The van der Waals surface area contributed by atoms with Crippen molar-refractivity contribution in [3.05, 3.63) is 62.9 Å². The lowest BCUT2D eigenvalue weighted by Gasteiger charge is -2.39. The minimum absolute atomic E-state index is 0.0900. The highest BCUT2D eigenvalue weighted by Gasteiger charge is 2.38. The Labute approximate surface area is 164 Å². The minimum Gasteiger partial charge on any atom is -0.367 e. The molecule has 1 saturated heterocycles. The molecular weight excluding hydrogens is 382 g/mol. The van der Waals surface area contributed by atoms with Gasteiger partial charge in [0.2, 0.25) is 10.0 Å². The van der Waals surface area contributed by atoms with Crippen LogP contribution in [0.2, 0.25) is 0 Å². The number of hydrogen-bond donors (Lipinski definition) is 0. The van der Waals surface area contributed by atoms with Gasteiger partial charge in [-0.15, -0.1) is 0 Å². The first-order chi connectivity index (χ1) is 13.1. The summed E-state index contributed by atoms with van der Waals surface area (Å²) in [6.07, 6.45) is 0.343. The first-order valence-electron chi connectivity index (χ1n) is 9.10. The second-order valence-electron chi connectivity index (χ2n) is 7.39. The molecule has 28 heavy (non-hydrogen) atoms. The Morgan fingerprint density at radius 2 is 1.71 bits per heavy atom. The van der Waals surface area contributed by atoms with Gasteiger partial charge in [-0.1, -0.05) is 44.2 Å². The Kier molecular flexibility index (Phi) is 5.60. The number of benzene rings is 1. The second-order valence-corrected chi connectivity index (χ2v) is 9.30. The van der Waals surface area contributed by atoms with Gasteiger partial charge in [0.05, 0.1) is 12.2 Å². The van der Waals surface area contributed by atoms with E-state index in [1.165, 1.54) is 18.4 Å². The zero-order valence-electron chi connectivity index (χ0n) is 16.4. The van der Waals surface area contributed by atoms with Gasteiger partial charge in [-0.25, -0.2) is 13.2 Å². The van der Waals surface area contributed by atoms with Crippen LogP contribution in [0.3, 0.4) is 0 Å². The summed E-state index contributed by atoms with van der Waals surface area (Å²) in [5, 5.41) is 0. The smallest absolute Gasteiger partial charge is 0.330 e. The summed E-state index contributed by atoms with van der Waals surface area (Å²) >= 11 is 0. The Morgan fingerprint density at radius 3 is 2.32 bits per heavy atom. The molecule has 1 aromatic carbocycles. The van der Waals surface area contributed by atoms with E-state index in [-0.39, 0.29) is 25.1 Å². The highest BCUT2D eigenvalue weighted by atomic mass is 32.2. The van der Waals surface area contributed by atoms with E-state index in [1.54, 1.807) is 0 Å². The van der Waals surface area contributed by atoms with E-state index in [9.17, 15) is 18.0 Å². The normalized spacial score (nSPS) is 21.2. The molecule has 0 spiro atoms. The third-order valence-electron chi connectivity index (χ3n) is 5.04. The predicted molar refractivity (Wildman–Crippen MR) is 105 cm³/mol. The third-order valence-corrected chi connectivity index (χ3v) is 6.85. The Morgan fingerprint density at radius 1 is 1.07 bits per heavy atom. The molecule has 0 unspecified atom stereocenters. The Balaban J connectivity index is 2.05. The van der Waals surface area contributed by atoms with Gasteiger partial charge >= 0.3 is 5.69 Å². The number of hydrogen-bond acceptors (Lipinski definition) is 5. The van der Waals surface area contributed by atoms with Crippen LogP contribution in [0.25, 0.3) is 0 Å². The minimum atomic E-state index is -4.10. The molecule has 1 aliphatic heterocycles. The highest BCUT2D eigenvalue weighted by molar-refractivity contribution is 7.89. The van der Waals surface area contributed by atoms with Crippen LogP contribution in [0.4, 0.5) is 0 Å². The molecule has 1 fully saturated rings. The maximum absolute atomic E-state index is 13.3. The summed E-state index contributed by atoms with van der Waals surface area (Å²) in [6, 6.07) is 9.42. The van der Waals surface area contributed by atoms with Crippen molar-refractivity contribution < 1.29 is 13.2 Å². The maximum atomic E-state index is 13.3. The molecule has 0 radical (unpaired) electrons. The van der Waals surface area contributed by atoms with Gasteiger partial charge in [-0.2, -0.15) is 4.31 Å². The fourth-order valence-corrected chi connectivity index (χ4v) is 4.87. The molecule has 0 N–H and O–H groups in total. The number of aryl methyl sites for hydroxylation is 1. The zero-order chi connectivity index (χ0) is 20.6. The molecule has 1 aromatic heterocycles. The van der Waals surface area contributed by atoms with Gasteiger partial charge in [-0.05, 0) is 11.5 Å². The molecule has 0 amide bonds. The van der Waals surface area contributed by atoms with Crippen LogP contribution in [-0.2, 0) is 28.9 Å². The van der Waals surface area contributed by atoms with Gasteiger partial charge in [-0.3, -0.25) is 9.36 Å². The molecule has 2 heterocycles. The van der Waals surface area contributed by atoms with Crippen LogP contribution in [0, 0.1) is 5.92 Å². The second kappa shape index (κ2) is 7.65. The molecule has 9 heteroatoms. The van der Waals surface area contributed by atoms with E-state index < -0.39 is 32.3 Å². The van der Waals surface area contributed by atoms with Gasteiger partial charge < -0.3 is 9.30 Å². The monoisotopic (exact) mass is 407 g/mol. The summed E-state index contributed by atoms with van der Waals surface area (Å²) in [6.45, 7) is 4.18. The SMILES string of the molecule is CC(C)[C@H]1CN(S(=O)(=O)c2cn(C)c(=O)n(C)c2=O)C[C@@H](c2ccccc2)O1. The molecular formula is C19H25N3O5S. The van der Waals surface area contributed by atoms with E-state index in [0.717, 1.165) is 20.9 Å². The number of aromatic nitrogens is 2. The molecule has 2 aromatic rings. The molecule has 0 bridgehead atoms. The van der Waals surface area contributed by atoms with Gasteiger partial charge in [0, 0.05) is 33.4 Å². The van der Waals surface area contributed by atoms with E-state index >= 15 is 0 Å². The number of sulfonamides is 1. The quantitative estimate of drug-likeness (QED) is 0.750. The van der Waals surface area contributed by atoms with Crippen molar-refractivity contribution in [3.8, 4) is 0 Å². The van der Waals surface area contributed by atoms with Gasteiger partial charge in [0.1, 0.15) is 0 Å². The molecule has 3 rings (SSSR count). The lowest BCUT2D eigenvalue weighted by atomic mass is 10.0. The number of ether oxygens (including phenoxy) is 1. The van der Waals surface area contributed by atoms with Crippen molar-refractivity contribution in [2.24, 2.45) is 20.0 Å². The van der Waals surface area contributed by atoms with Crippen LogP contribution in [0.5, 0.6) is 0 Å². The summed E-state index contributed by atoms with van der Waals surface area (Å²) in [4.78, 5) is 24.0. The summed E-state index contributed by atoms with van der Waals surface area (Å²) in [5.41, 5.74) is -0.526. The van der Waals surface area contributed by atoms with Crippen molar-refractivity contribution in [1.82, 2.24) is 13.4 Å². The van der Waals surface area contributed by atoms with Crippen LogP contribution in [0.15, 0.2) is 51.0 Å². The average molecular weight is 407 g/mol. The van der Waals surface area contributed by atoms with Crippen molar-refractivity contribution in [3.63, 3.8) is 0 Å². The van der Waals surface area contributed by atoms with E-state index in [4.69, 9.17) is 4.74 Å². The number of morpholine rings is 1. The van der Waals surface area contributed by atoms with Gasteiger partial charge in [0.15, 0.2) is 4.90 Å². The largest absolute Gasteiger partial charge is 0.367 e. The zero-order valence-corrected chi connectivity index (χ0v) is 17.2. The Bertz CT molecular complexity index is 1070. The third kappa shape index (κ3) is 3.69. The standard InChI is InChI=1S/C19H25N3O5S/c1-13(2)15-10-22(11-16(27-15)14-8-6-5-7-9-14)28(25,26)17-12-20(3)19(24)21(4)18(17)23/h5-9,12-13,15-16H,10-11H2,1-4H3/t15-,16+/m1/s1. The molecule has 0 aliphatic carbocycles. The average Bonchev–Trinajstić information content (AvgIpc) is 2.69. The van der Waals surface area contributed by atoms with Gasteiger partial charge in [0.25, 0.3) is 5.56 Å². The first-order valence-corrected chi connectivity index (χ1v) is 10.5. The van der Waals surface area contributed by atoms with Crippen molar-refractivity contribution in [2.45, 2.75) is 31.0 Å². The molecule has 1 aliphatic rings. The van der Waals surface area contributed by atoms with Crippen LogP contribution in [-0.4, -0.2) is 41.1 Å². The summed E-state index contributed by atoms with van der Waals surface area (Å²) < 4.78 is 36.0. The summed E-state index contributed by atoms with van der Waals surface area (Å²) in [7, 11) is -1.41. The lowest BCUT2D eigenvalue weighted by molar-refractivity contribution is -0.0847. The fraction of sp³-hybridized carbons (Fsp3) is 0.474. The van der Waals surface area contributed by atoms with Crippen molar-refractivity contribution in [2.75, 3.05) is 13.1 Å². The topological polar surface area (TPSA) is 90.6 Å². The molecule has 0 saturated carbocycles. The van der Waals surface area contributed by atoms with Crippen LogP contribution >= 0.6 is 0 Å². The molecule has 152 valence electrons. The molecule has 8 nitrogen and oxygen atoms in total. The predicted octanol–water partition coefficient (Wildman–Crippen LogP) is 0.871. The maximum Gasteiger partial charge on any atom is 0.330 e. The van der Waals surface area contributed by atoms with E-state index in [0.29, 0.717) is 0 Å². The first kappa shape index (κ1) is 20.5. The van der Waals surface area contributed by atoms with E-state index in [1.807, 2.05) is 44.2 Å². The number of nitrogens with zero attached hydrogens (tertiary/aromatic N) is 3. The highest BCUT2D eigenvalue weighted by Crippen LogP contribution is 2.30. The summed E-state index contributed by atoms with van der Waals surface area (Å²) in [5.74, 6) is 0.0900. The fourth-order valence-electron chi connectivity index (χ4n) is 3.26. The van der Waals surface area contributed by atoms with Crippen LogP contribution in [0.1, 0.15) is 25.5 Å². The van der Waals surface area contributed by atoms with Crippen LogP contribution < -0.4 is 11.2 Å². The lowest BCUT2D eigenvalue weighted by Crippen LogP contribution is -2.50. The van der Waals surface area contributed by atoms with E-state index in [2.05, 4.69) is 0 Å². The Hall–Kier alpha value is -2.23. The molecule has 2 atom stereocenters. The van der Waals surface area contributed by atoms with Crippen molar-refractivity contribution >= 4 is 10.0 Å². The number of rotatable bonds is 4.